The third-order valence-electron chi connectivity index (χ3n) is 2.31. The summed E-state index contributed by atoms with van der Waals surface area (Å²) >= 11 is 7.27. The topological polar surface area (TPSA) is 97.5 Å². The molecule has 0 aromatic carbocycles. The summed E-state index contributed by atoms with van der Waals surface area (Å²) in [6, 6.07) is 1.22. The van der Waals surface area contributed by atoms with Crippen LogP contribution in [-0.2, 0) is 0 Å². The Hall–Kier alpha value is -1.60. The molecular weight excluding hydrogens is 286 g/mol. The number of hydrogen-bond acceptors (Lipinski definition) is 6. The van der Waals surface area contributed by atoms with Crippen molar-refractivity contribution < 1.29 is 0 Å². The minimum absolute atomic E-state index is 0.156. The molecule has 0 unspecified atom stereocenters. The van der Waals surface area contributed by atoms with Gasteiger partial charge in [-0.05, 0) is 17.7 Å². The normalized spacial score (nSPS) is 10.9. The number of aromatic nitrogens is 4. The second-order valence-corrected chi connectivity index (χ2v) is 5.45. The third-order valence-corrected chi connectivity index (χ3v) is 3.52. The molecule has 0 saturated carbocycles. The molecule has 0 aliphatic carbocycles. The number of H-pyrrole nitrogens is 1. The molecule has 6 nitrogen and oxygen atoms in total. The highest BCUT2D eigenvalue weighted by atomic mass is 35.5. The van der Waals surface area contributed by atoms with Gasteiger partial charge in [-0.3, -0.25) is 4.79 Å². The molecule has 3 N–H and O–H groups in total. The molecule has 0 fully saturated rings. The fourth-order valence-electron chi connectivity index (χ4n) is 1.52. The third kappa shape index (κ3) is 3.24. The molecule has 0 amide bonds. The smallest absolute Gasteiger partial charge is 0.253 e. The van der Waals surface area contributed by atoms with Crippen LogP contribution in [0.25, 0.3) is 0 Å². The fourth-order valence-corrected chi connectivity index (χ4v) is 2.95. The van der Waals surface area contributed by atoms with Crippen LogP contribution in [0, 0.1) is 0 Å². The van der Waals surface area contributed by atoms with Crippen LogP contribution in [0.1, 0.15) is 25.3 Å². The summed E-state index contributed by atoms with van der Waals surface area (Å²) in [7, 11) is 0. The fraction of sp³-hybridized carbons (Fsp3) is 0.273. The zero-order valence-corrected chi connectivity index (χ0v) is 11.9. The van der Waals surface area contributed by atoms with Crippen LogP contribution in [0.5, 0.6) is 0 Å². The number of anilines is 1. The van der Waals surface area contributed by atoms with Crippen LogP contribution in [0.15, 0.2) is 27.4 Å². The molecular formula is C11H12ClN5OS. The van der Waals surface area contributed by atoms with Gasteiger partial charge in [0.2, 0.25) is 0 Å². The van der Waals surface area contributed by atoms with E-state index in [1.54, 1.807) is 0 Å². The highest BCUT2D eigenvalue weighted by Gasteiger charge is 2.15. The lowest BCUT2D eigenvalue weighted by atomic mass is 10.1. The van der Waals surface area contributed by atoms with Gasteiger partial charge in [0, 0.05) is 11.6 Å². The standard InChI is InChI=1S/C11H12ClN5OS/c1-5(2)8-9(12)14-4-15-10(8)19-11-16-6(13)3-7(18)17-11/h3-5H,1-2H3,(H3,13,16,17,18). The predicted octanol–water partition coefficient (Wildman–Crippen LogP) is 2.07. The Morgan fingerprint density at radius 2 is 2.16 bits per heavy atom. The van der Waals surface area contributed by atoms with Crippen molar-refractivity contribution in [3.8, 4) is 0 Å². The molecule has 2 heterocycles. The van der Waals surface area contributed by atoms with Crippen molar-refractivity contribution in [1.29, 1.82) is 0 Å². The van der Waals surface area contributed by atoms with Crippen molar-refractivity contribution in [3.05, 3.63) is 33.5 Å². The number of nitrogens with two attached hydrogens (primary N) is 1. The number of aromatic amines is 1. The first-order valence-electron chi connectivity index (χ1n) is 5.52. The maximum atomic E-state index is 11.3. The quantitative estimate of drug-likeness (QED) is 0.665. The number of rotatable bonds is 3. The second kappa shape index (κ2) is 5.58. The number of nitrogens with zero attached hydrogens (tertiary/aromatic N) is 3. The monoisotopic (exact) mass is 297 g/mol. The number of nitrogen functional groups attached to an aromatic ring is 1. The van der Waals surface area contributed by atoms with Crippen molar-refractivity contribution in [2.45, 2.75) is 29.9 Å². The lowest BCUT2D eigenvalue weighted by molar-refractivity contribution is 0.800. The highest BCUT2D eigenvalue weighted by molar-refractivity contribution is 7.99. The molecule has 0 saturated heterocycles. The first kappa shape index (κ1) is 13.8. The summed E-state index contributed by atoms with van der Waals surface area (Å²) in [6.45, 7) is 3.98. The molecule has 2 aromatic heterocycles. The summed E-state index contributed by atoms with van der Waals surface area (Å²) in [6.07, 6.45) is 1.38. The van der Waals surface area contributed by atoms with E-state index in [0.29, 0.717) is 15.3 Å². The van der Waals surface area contributed by atoms with Gasteiger partial charge in [-0.2, -0.15) is 0 Å². The molecule has 2 aromatic rings. The van der Waals surface area contributed by atoms with Crippen LogP contribution < -0.4 is 11.3 Å². The lowest BCUT2D eigenvalue weighted by Gasteiger charge is -2.11. The van der Waals surface area contributed by atoms with Gasteiger partial charge >= 0.3 is 0 Å². The van der Waals surface area contributed by atoms with Gasteiger partial charge in [-0.1, -0.05) is 25.4 Å². The van der Waals surface area contributed by atoms with E-state index in [-0.39, 0.29) is 17.3 Å². The van der Waals surface area contributed by atoms with E-state index in [9.17, 15) is 4.79 Å². The number of nitrogens with one attached hydrogen (secondary N) is 1. The van der Waals surface area contributed by atoms with Gasteiger partial charge in [0.25, 0.3) is 5.56 Å². The van der Waals surface area contributed by atoms with Crippen LogP contribution in [0.3, 0.4) is 0 Å². The Bertz CT molecular complexity index is 658. The van der Waals surface area contributed by atoms with Gasteiger partial charge in [-0.25, -0.2) is 15.0 Å². The van der Waals surface area contributed by atoms with Crippen molar-refractivity contribution in [1.82, 2.24) is 19.9 Å². The number of hydrogen-bond donors (Lipinski definition) is 2. The first-order valence-corrected chi connectivity index (χ1v) is 6.72. The summed E-state index contributed by atoms with van der Waals surface area (Å²) in [4.78, 5) is 26.1. The van der Waals surface area contributed by atoms with Crippen molar-refractivity contribution >= 4 is 29.2 Å². The SMILES string of the molecule is CC(C)c1c(Cl)ncnc1Sc1nc(N)cc(=O)[nH]1. The second-order valence-electron chi connectivity index (χ2n) is 4.12. The summed E-state index contributed by atoms with van der Waals surface area (Å²) in [5, 5.41) is 1.43. The molecule has 0 radical (unpaired) electrons. The Morgan fingerprint density at radius 1 is 1.42 bits per heavy atom. The van der Waals surface area contributed by atoms with E-state index in [0.717, 1.165) is 5.56 Å². The van der Waals surface area contributed by atoms with Crippen molar-refractivity contribution in [2.24, 2.45) is 0 Å². The average molecular weight is 298 g/mol. The first-order chi connectivity index (χ1) is 8.97. The van der Waals surface area contributed by atoms with Gasteiger partial charge in [0.1, 0.15) is 22.3 Å². The molecule has 0 bridgehead atoms. The van der Waals surface area contributed by atoms with E-state index >= 15 is 0 Å². The Labute approximate surface area is 118 Å². The molecule has 0 aliphatic rings. The Kier molecular flexibility index (Phi) is 4.06. The Balaban J connectivity index is 2.43. The van der Waals surface area contributed by atoms with Gasteiger partial charge < -0.3 is 10.7 Å². The minimum atomic E-state index is -0.304. The van der Waals surface area contributed by atoms with Crippen molar-refractivity contribution in [3.63, 3.8) is 0 Å². The van der Waals surface area contributed by atoms with Crippen molar-refractivity contribution in [2.75, 3.05) is 5.73 Å². The largest absolute Gasteiger partial charge is 0.383 e. The maximum Gasteiger partial charge on any atom is 0.253 e. The van der Waals surface area contributed by atoms with E-state index in [2.05, 4.69) is 19.9 Å². The van der Waals surface area contributed by atoms with E-state index in [1.807, 2.05) is 13.8 Å². The minimum Gasteiger partial charge on any atom is -0.383 e. The Morgan fingerprint density at radius 3 is 2.79 bits per heavy atom. The van der Waals surface area contributed by atoms with Crippen LogP contribution in [-0.4, -0.2) is 19.9 Å². The van der Waals surface area contributed by atoms with Crippen LogP contribution in [0.2, 0.25) is 5.15 Å². The summed E-state index contributed by atoms with van der Waals surface area (Å²) in [5.41, 5.74) is 6.05. The van der Waals surface area contributed by atoms with Gasteiger partial charge in [0.15, 0.2) is 5.16 Å². The predicted molar refractivity (Wildman–Crippen MR) is 74.5 cm³/mol. The molecule has 100 valence electrons. The molecule has 19 heavy (non-hydrogen) atoms. The zero-order chi connectivity index (χ0) is 14.0. The van der Waals surface area contributed by atoms with E-state index in [4.69, 9.17) is 17.3 Å². The summed E-state index contributed by atoms with van der Waals surface area (Å²) < 4.78 is 0. The molecule has 0 atom stereocenters. The highest BCUT2D eigenvalue weighted by Crippen LogP contribution is 2.33. The van der Waals surface area contributed by atoms with Gasteiger partial charge in [0.05, 0.1) is 0 Å². The van der Waals surface area contributed by atoms with Crippen LogP contribution >= 0.6 is 23.4 Å². The molecule has 0 aliphatic heterocycles. The number of halogens is 1. The van der Waals surface area contributed by atoms with E-state index < -0.39 is 0 Å². The lowest BCUT2D eigenvalue weighted by Crippen LogP contribution is -2.09. The van der Waals surface area contributed by atoms with Crippen LogP contribution in [0.4, 0.5) is 5.82 Å². The van der Waals surface area contributed by atoms with Gasteiger partial charge in [-0.15, -0.1) is 0 Å². The molecule has 8 heteroatoms. The molecule has 0 spiro atoms. The maximum absolute atomic E-state index is 11.3. The molecule has 2 rings (SSSR count). The summed E-state index contributed by atoms with van der Waals surface area (Å²) in [5.74, 6) is 0.321. The van der Waals surface area contributed by atoms with E-state index in [1.165, 1.54) is 24.2 Å². The zero-order valence-electron chi connectivity index (χ0n) is 10.3. The average Bonchev–Trinajstić information content (AvgIpc) is 2.26.